The Labute approximate surface area is 636 Å². The van der Waals surface area contributed by atoms with Gasteiger partial charge in [0.05, 0.1) is 34.4 Å². The fourth-order valence-electron chi connectivity index (χ4n) is 12.1. The molecule has 9 nitrogen and oxygen atoms in total. The van der Waals surface area contributed by atoms with Gasteiger partial charge in [0.1, 0.15) is 13.2 Å². The second-order valence-electron chi connectivity index (χ2n) is 29.8. The number of carbonyl (C=O) groups excluding carboxylic acids is 2. The maximum absolute atomic E-state index is 13.0. The Bertz CT molecular complexity index is 2220. The van der Waals surface area contributed by atoms with Crippen molar-refractivity contribution in [1.29, 1.82) is 0 Å². The third-order valence-electron chi connectivity index (χ3n) is 18.6. The van der Waals surface area contributed by atoms with Crippen LogP contribution in [-0.2, 0) is 33.3 Å². The molecule has 0 radical (unpaired) electrons. The first-order valence-electron chi connectivity index (χ1n) is 43.0. The van der Waals surface area contributed by atoms with Crippen LogP contribution in [-0.4, -0.2) is 87.4 Å². The fraction of sp³-hybridized carbons (Fsp3) is 0.713. The van der Waals surface area contributed by atoms with Crippen LogP contribution in [0.1, 0.15) is 373 Å². The summed E-state index contributed by atoms with van der Waals surface area (Å²) in [5.41, 5.74) is 0. The summed E-state index contributed by atoms with van der Waals surface area (Å²) in [5.74, 6) is -2.01. The van der Waals surface area contributed by atoms with Gasteiger partial charge in [-0.1, -0.05) is 384 Å². The molecule has 0 fully saturated rings. The lowest BCUT2D eigenvalue weighted by Gasteiger charge is -2.25. The molecular formula is C94H162NO8+. The minimum absolute atomic E-state index is 0.181. The number of hydrogen-bond acceptors (Lipinski definition) is 7. The monoisotopic (exact) mass is 1430 g/mol. The van der Waals surface area contributed by atoms with Crippen LogP contribution in [0.15, 0.2) is 146 Å². The van der Waals surface area contributed by atoms with Crippen LogP contribution in [0.25, 0.3) is 0 Å². The van der Waals surface area contributed by atoms with E-state index < -0.39 is 24.3 Å². The second kappa shape index (κ2) is 82.8. The molecule has 0 amide bonds. The highest BCUT2D eigenvalue weighted by Gasteiger charge is 2.25. The molecule has 0 aromatic carbocycles. The lowest BCUT2D eigenvalue weighted by atomic mass is 10.0. The van der Waals surface area contributed by atoms with Crippen molar-refractivity contribution in [2.45, 2.75) is 386 Å². The number of unbranched alkanes of at least 4 members (excludes halogenated alkanes) is 40. The Morgan fingerprint density at radius 3 is 0.825 bits per heavy atom. The maximum atomic E-state index is 13.0. The molecule has 0 saturated heterocycles. The molecule has 0 saturated carbocycles. The smallest absolute Gasteiger partial charge is 0.361 e. The highest BCUT2D eigenvalue weighted by atomic mass is 16.7. The van der Waals surface area contributed by atoms with E-state index in [4.69, 9.17) is 18.9 Å². The fourth-order valence-corrected chi connectivity index (χ4v) is 12.1. The van der Waals surface area contributed by atoms with Gasteiger partial charge in [-0.25, -0.2) is 4.79 Å². The van der Waals surface area contributed by atoms with Gasteiger partial charge in [-0.3, -0.25) is 9.59 Å². The van der Waals surface area contributed by atoms with Crippen molar-refractivity contribution in [3.63, 3.8) is 0 Å². The zero-order valence-corrected chi connectivity index (χ0v) is 67.7. The summed E-state index contributed by atoms with van der Waals surface area (Å²) in [4.78, 5) is 37.8. The average Bonchev–Trinajstić information content (AvgIpc) is 0.985. The van der Waals surface area contributed by atoms with Crippen molar-refractivity contribution < 1.29 is 42.9 Å². The number of quaternary nitrogens is 1. The van der Waals surface area contributed by atoms with Gasteiger partial charge in [-0.05, 0) is 122 Å². The number of ether oxygens (including phenoxy) is 4. The first kappa shape index (κ1) is 98.2. The van der Waals surface area contributed by atoms with Crippen molar-refractivity contribution in [3.05, 3.63) is 146 Å². The van der Waals surface area contributed by atoms with E-state index in [1.165, 1.54) is 225 Å². The summed E-state index contributed by atoms with van der Waals surface area (Å²) in [7, 11) is 5.98. The number of hydrogen-bond donors (Lipinski definition) is 1. The Kier molecular flexibility index (Phi) is 78.9. The van der Waals surface area contributed by atoms with Gasteiger partial charge < -0.3 is 28.5 Å². The number of allylic oxidation sites excluding steroid dienone is 24. The number of carbonyl (C=O) groups is 3. The van der Waals surface area contributed by atoms with Crippen LogP contribution in [0.5, 0.6) is 0 Å². The van der Waals surface area contributed by atoms with Gasteiger partial charge in [0.25, 0.3) is 6.29 Å². The number of rotatable bonds is 79. The molecule has 0 aliphatic rings. The largest absolute Gasteiger partial charge is 0.477 e. The van der Waals surface area contributed by atoms with Gasteiger partial charge in [-0.15, -0.1) is 0 Å². The highest BCUT2D eigenvalue weighted by molar-refractivity contribution is 5.71. The summed E-state index contributed by atoms with van der Waals surface area (Å²) in [5, 5.41) is 9.79. The van der Waals surface area contributed by atoms with E-state index in [0.29, 0.717) is 23.9 Å². The van der Waals surface area contributed by atoms with Crippen LogP contribution in [0, 0.1) is 0 Å². The molecule has 103 heavy (non-hydrogen) atoms. The zero-order valence-electron chi connectivity index (χ0n) is 67.7. The number of esters is 2. The molecule has 0 spiro atoms. The van der Waals surface area contributed by atoms with Crippen molar-refractivity contribution in [3.8, 4) is 0 Å². The molecule has 2 atom stereocenters. The summed E-state index contributed by atoms with van der Waals surface area (Å²) >= 11 is 0. The van der Waals surface area contributed by atoms with Crippen LogP contribution in [0.2, 0.25) is 0 Å². The highest BCUT2D eigenvalue weighted by Crippen LogP contribution is 2.19. The topological polar surface area (TPSA) is 108 Å². The van der Waals surface area contributed by atoms with Gasteiger partial charge in [0.2, 0.25) is 0 Å². The Morgan fingerprint density at radius 1 is 0.301 bits per heavy atom. The van der Waals surface area contributed by atoms with E-state index in [1.54, 1.807) is 0 Å². The molecule has 0 aliphatic heterocycles. The number of aliphatic carboxylic acids is 1. The SMILES string of the molecule is CC/C=C\C/C=C\C/C=C\C/C=C\C/C=C\C/C=C\C/C=C\C/C=C\C/C=C\C/C=C\CCCCCCCCCCC(=O)OC(COC(=O)CCCCCCCCCCCCCCCCCCCCCCCCCCCCC/C=C\C/C=C\CCCCCCC)COC(OCC[N+](C)(C)C)C(=O)O. The predicted molar refractivity (Wildman–Crippen MR) is 447 cm³/mol. The molecule has 0 aliphatic carbocycles. The lowest BCUT2D eigenvalue weighted by molar-refractivity contribution is -0.870. The molecule has 0 rings (SSSR count). The van der Waals surface area contributed by atoms with Crippen molar-refractivity contribution >= 4 is 17.9 Å². The normalized spacial score (nSPS) is 13.4. The van der Waals surface area contributed by atoms with E-state index in [0.717, 1.165) is 116 Å². The first-order chi connectivity index (χ1) is 50.6. The van der Waals surface area contributed by atoms with Crippen LogP contribution in [0.3, 0.4) is 0 Å². The standard InChI is InChI=1S/C94H161NO8/c1-6-8-10-12-14-16-18-20-22-24-26-28-30-32-34-36-38-40-42-44-46-48-50-52-54-56-58-60-62-64-66-68-70-72-74-76-78-80-82-84-91(96)101-88-90(89-102-94(93(98)99)100-87-86-95(3,4)5)103-92(97)85-83-81-79-77-75-73-71-69-67-65-63-61-59-57-55-53-51-49-47-45-43-41-39-37-35-33-31-29-27-25-23-21-19-17-15-13-11-9-7-2/h9,11,15,17-18,20-21,23-24,26-27,29,33,35,39,41,45,47,51,53,57,59,63,65,90,94H,6-8,10,12-14,16,19,22,25,28,30-32,34,36-38,40,42-44,46,48-50,52,54-56,58,60-62,64,66-89H2,1-5H3/p+1/b11-9-,17-15-,20-18-,23-21-,26-24-,29-27-,35-33-,41-39-,47-45-,53-51-,59-57-,65-63-. The molecule has 590 valence electrons. The first-order valence-corrected chi connectivity index (χ1v) is 43.0. The number of nitrogens with zero attached hydrogens (tertiary/aromatic N) is 1. The van der Waals surface area contributed by atoms with Crippen LogP contribution < -0.4 is 0 Å². The van der Waals surface area contributed by atoms with E-state index in [2.05, 4.69) is 160 Å². The number of carboxylic acid groups (broad SMARTS) is 1. The Balaban J connectivity index is 4.03. The molecule has 0 heterocycles. The van der Waals surface area contributed by atoms with E-state index in [9.17, 15) is 19.5 Å². The minimum Gasteiger partial charge on any atom is -0.477 e. The van der Waals surface area contributed by atoms with Gasteiger partial charge in [0.15, 0.2) is 6.10 Å². The van der Waals surface area contributed by atoms with Crippen molar-refractivity contribution in [1.82, 2.24) is 0 Å². The maximum Gasteiger partial charge on any atom is 0.361 e. The molecule has 1 N–H and O–H groups in total. The van der Waals surface area contributed by atoms with Gasteiger partial charge >= 0.3 is 17.9 Å². The third-order valence-corrected chi connectivity index (χ3v) is 18.6. The minimum atomic E-state index is -1.52. The predicted octanol–water partition coefficient (Wildman–Crippen LogP) is 28.2. The van der Waals surface area contributed by atoms with Gasteiger partial charge in [-0.2, -0.15) is 0 Å². The Hall–Kier alpha value is -4.83. The molecule has 2 unspecified atom stereocenters. The lowest BCUT2D eigenvalue weighted by Crippen LogP contribution is -2.40. The van der Waals surface area contributed by atoms with E-state index in [1.807, 2.05) is 21.1 Å². The third kappa shape index (κ3) is 84.3. The van der Waals surface area contributed by atoms with Crippen molar-refractivity contribution in [2.24, 2.45) is 0 Å². The zero-order chi connectivity index (χ0) is 74.6. The van der Waals surface area contributed by atoms with Crippen LogP contribution >= 0.6 is 0 Å². The summed E-state index contributed by atoms with van der Waals surface area (Å²) < 4.78 is 23.1. The quantitative estimate of drug-likeness (QED) is 0.0211. The molecule has 0 aromatic heterocycles. The van der Waals surface area contributed by atoms with Crippen molar-refractivity contribution in [2.75, 3.05) is 47.5 Å². The Morgan fingerprint density at radius 2 is 0.553 bits per heavy atom. The molecule has 9 heteroatoms. The summed E-state index contributed by atoms with van der Waals surface area (Å²) in [6, 6.07) is 0. The average molecular weight is 1430 g/mol. The summed E-state index contributed by atoms with van der Waals surface area (Å²) in [6.07, 6.45) is 119. The summed E-state index contributed by atoms with van der Waals surface area (Å²) in [6.45, 7) is 4.77. The molecule has 0 bridgehead atoms. The molecular weight excluding hydrogens is 1270 g/mol. The number of likely N-dealkylation sites (N-methyl/N-ethyl adjacent to an activating group) is 1. The van der Waals surface area contributed by atoms with E-state index in [-0.39, 0.29) is 32.2 Å². The van der Waals surface area contributed by atoms with Gasteiger partial charge in [0, 0.05) is 12.8 Å². The molecule has 0 aromatic rings. The van der Waals surface area contributed by atoms with E-state index >= 15 is 0 Å². The number of carboxylic acids is 1. The van der Waals surface area contributed by atoms with Crippen LogP contribution in [0.4, 0.5) is 0 Å². The second-order valence-corrected chi connectivity index (χ2v) is 29.8.